The van der Waals surface area contributed by atoms with Crippen molar-refractivity contribution >= 4 is 5.78 Å². The van der Waals surface area contributed by atoms with Gasteiger partial charge in [-0.2, -0.15) is 5.10 Å². The largest absolute Gasteiger partial charge is 0.294 e. The number of benzene rings is 2. The summed E-state index contributed by atoms with van der Waals surface area (Å²) in [6, 6.07) is 18.4. The van der Waals surface area contributed by atoms with E-state index in [2.05, 4.69) is 30.2 Å². The first-order valence-electron chi connectivity index (χ1n) is 7.95. The molecule has 23 heavy (non-hydrogen) atoms. The van der Waals surface area contributed by atoms with Gasteiger partial charge in [-0.3, -0.25) is 4.79 Å². The van der Waals surface area contributed by atoms with Gasteiger partial charge in [-0.1, -0.05) is 42.5 Å². The van der Waals surface area contributed by atoms with Crippen LogP contribution in [0.2, 0.25) is 0 Å². The van der Waals surface area contributed by atoms with Gasteiger partial charge in [-0.25, -0.2) is 4.68 Å². The number of carbonyl (C=O) groups is 1. The van der Waals surface area contributed by atoms with Crippen LogP contribution in [0.4, 0.5) is 0 Å². The summed E-state index contributed by atoms with van der Waals surface area (Å²) in [6.07, 6.45) is 3.14. The number of para-hydroxylation sites is 1. The molecule has 3 heteroatoms. The maximum atomic E-state index is 12.6. The minimum Gasteiger partial charge on any atom is -0.294 e. The molecule has 3 aromatic rings. The molecule has 114 valence electrons. The number of hydrogen-bond donors (Lipinski definition) is 0. The second kappa shape index (κ2) is 5.51. The Labute approximate surface area is 135 Å². The van der Waals surface area contributed by atoms with Crippen molar-refractivity contribution in [2.45, 2.75) is 25.7 Å². The number of aryl methyl sites for hydroxylation is 1. The molecule has 0 bridgehead atoms. The van der Waals surface area contributed by atoms with E-state index >= 15 is 0 Å². The fourth-order valence-electron chi connectivity index (χ4n) is 3.50. The molecule has 1 aliphatic carbocycles. The summed E-state index contributed by atoms with van der Waals surface area (Å²) in [5.74, 6) is 0.428. The van der Waals surface area contributed by atoms with Crippen LogP contribution in [0.3, 0.4) is 0 Å². The average molecular weight is 302 g/mol. The van der Waals surface area contributed by atoms with Gasteiger partial charge in [0.15, 0.2) is 5.78 Å². The number of ketones is 1. The van der Waals surface area contributed by atoms with Gasteiger partial charge in [-0.05, 0) is 42.5 Å². The van der Waals surface area contributed by atoms with E-state index in [1.165, 1.54) is 11.1 Å². The first-order valence-corrected chi connectivity index (χ1v) is 7.95. The summed E-state index contributed by atoms with van der Waals surface area (Å²) in [7, 11) is 0. The quantitative estimate of drug-likeness (QED) is 0.714. The third-order valence-corrected chi connectivity index (χ3v) is 4.67. The Hall–Kier alpha value is -2.68. The van der Waals surface area contributed by atoms with E-state index in [4.69, 9.17) is 0 Å². The molecule has 0 amide bonds. The van der Waals surface area contributed by atoms with E-state index in [-0.39, 0.29) is 11.7 Å². The van der Waals surface area contributed by atoms with Gasteiger partial charge in [0.1, 0.15) is 0 Å². The highest BCUT2D eigenvalue weighted by Crippen LogP contribution is 2.34. The monoisotopic (exact) mass is 302 g/mol. The zero-order valence-corrected chi connectivity index (χ0v) is 13.1. The van der Waals surface area contributed by atoms with Crippen molar-refractivity contribution in [1.82, 2.24) is 9.78 Å². The number of Topliss-reactive ketones (excluding diaryl/α,β-unsaturated/α-hetero) is 1. The Morgan fingerprint density at radius 2 is 1.74 bits per heavy atom. The molecule has 0 unspecified atom stereocenters. The fourth-order valence-corrected chi connectivity index (χ4v) is 3.50. The van der Waals surface area contributed by atoms with E-state index in [0.29, 0.717) is 6.42 Å². The normalized spacial score (nSPS) is 17.1. The van der Waals surface area contributed by atoms with Crippen LogP contribution in [-0.4, -0.2) is 15.6 Å². The van der Waals surface area contributed by atoms with Crippen LogP contribution in [0.15, 0.2) is 60.8 Å². The highest BCUT2D eigenvalue weighted by Gasteiger charge is 2.30. The van der Waals surface area contributed by atoms with E-state index in [0.717, 1.165) is 23.4 Å². The van der Waals surface area contributed by atoms with E-state index < -0.39 is 0 Å². The van der Waals surface area contributed by atoms with Crippen molar-refractivity contribution in [3.63, 3.8) is 0 Å². The van der Waals surface area contributed by atoms with Crippen molar-refractivity contribution in [3.8, 4) is 5.69 Å². The van der Waals surface area contributed by atoms with Gasteiger partial charge >= 0.3 is 0 Å². The summed E-state index contributed by atoms with van der Waals surface area (Å²) in [5, 5.41) is 4.46. The van der Waals surface area contributed by atoms with Gasteiger partial charge in [-0.15, -0.1) is 0 Å². The number of fused-ring (bicyclic) bond motifs is 1. The van der Waals surface area contributed by atoms with Gasteiger partial charge in [0.2, 0.25) is 0 Å². The average Bonchev–Trinajstić information content (AvgIpc) is 3.00. The van der Waals surface area contributed by atoms with Crippen LogP contribution >= 0.6 is 0 Å². The predicted octanol–water partition coefficient (Wildman–Crippen LogP) is 4.09. The summed E-state index contributed by atoms with van der Waals surface area (Å²) >= 11 is 0. The molecule has 1 aliphatic rings. The van der Waals surface area contributed by atoms with E-state index in [1.54, 1.807) is 6.20 Å². The molecule has 0 saturated heterocycles. The molecule has 0 radical (unpaired) electrons. The minimum absolute atomic E-state index is 0.196. The lowest BCUT2D eigenvalue weighted by molar-refractivity contribution is 0.0963. The zero-order chi connectivity index (χ0) is 15.8. The Morgan fingerprint density at radius 3 is 2.52 bits per heavy atom. The van der Waals surface area contributed by atoms with Crippen molar-refractivity contribution in [3.05, 3.63) is 83.2 Å². The molecule has 2 aromatic carbocycles. The third-order valence-electron chi connectivity index (χ3n) is 4.67. The number of hydrogen-bond acceptors (Lipinski definition) is 2. The number of nitrogens with zero attached hydrogens (tertiary/aromatic N) is 2. The molecule has 0 aliphatic heterocycles. The second-order valence-electron chi connectivity index (χ2n) is 6.14. The molecule has 1 atom stereocenters. The van der Waals surface area contributed by atoms with Gasteiger partial charge in [0, 0.05) is 6.42 Å². The summed E-state index contributed by atoms with van der Waals surface area (Å²) in [6.45, 7) is 2.11. The fraction of sp³-hybridized carbons (Fsp3) is 0.200. The lowest BCUT2D eigenvalue weighted by atomic mass is 9.81. The summed E-state index contributed by atoms with van der Waals surface area (Å²) in [5.41, 5.74) is 5.33. The molecule has 3 nitrogen and oxygen atoms in total. The standard InChI is InChI=1S/C20H18N2O/c1-14-7-5-6-10-17(14)15-11-19-18(20(23)12-15)13-21-22(19)16-8-3-2-4-9-16/h2-10,13,15H,11-12H2,1H3/t15-/m1/s1. The maximum absolute atomic E-state index is 12.6. The maximum Gasteiger partial charge on any atom is 0.166 e. The van der Waals surface area contributed by atoms with Crippen molar-refractivity contribution in [2.75, 3.05) is 0 Å². The number of carbonyl (C=O) groups excluding carboxylic acids is 1. The molecular formula is C20H18N2O. The molecule has 0 saturated carbocycles. The van der Waals surface area contributed by atoms with Crippen LogP contribution in [0, 0.1) is 6.92 Å². The van der Waals surface area contributed by atoms with Gasteiger partial charge in [0.25, 0.3) is 0 Å². The first-order chi connectivity index (χ1) is 11.2. The SMILES string of the molecule is Cc1ccccc1[C@H]1CC(=O)c2cnn(-c3ccccc3)c2C1. The third kappa shape index (κ3) is 2.38. The molecular weight excluding hydrogens is 284 g/mol. The predicted molar refractivity (Wildman–Crippen MR) is 90.1 cm³/mol. The van der Waals surface area contributed by atoms with Crippen molar-refractivity contribution < 1.29 is 4.79 Å². The minimum atomic E-state index is 0.196. The lowest BCUT2D eigenvalue weighted by Crippen LogP contribution is -2.20. The Balaban J connectivity index is 1.78. The van der Waals surface area contributed by atoms with Crippen LogP contribution in [0.25, 0.3) is 5.69 Å². The van der Waals surface area contributed by atoms with Gasteiger partial charge in [0.05, 0.1) is 23.1 Å². The highest BCUT2D eigenvalue weighted by atomic mass is 16.1. The van der Waals surface area contributed by atoms with Crippen LogP contribution in [0.1, 0.15) is 39.5 Å². The Bertz CT molecular complexity index is 864. The Morgan fingerprint density at radius 1 is 1.00 bits per heavy atom. The first kappa shape index (κ1) is 13.9. The second-order valence-corrected chi connectivity index (χ2v) is 6.14. The van der Waals surface area contributed by atoms with Crippen LogP contribution < -0.4 is 0 Å². The number of aromatic nitrogens is 2. The molecule has 4 rings (SSSR count). The van der Waals surface area contributed by atoms with E-state index in [9.17, 15) is 4.79 Å². The topological polar surface area (TPSA) is 34.9 Å². The summed E-state index contributed by atoms with van der Waals surface area (Å²) < 4.78 is 1.91. The summed E-state index contributed by atoms with van der Waals surface area (Å²) in [4.78, 5) is 12.6. The number of rotatable bonds is 2. The van der Waals surface area contributed by atoms with Crippen LogP contribution in [-0.2, 0) is 6.42 Å². The lowest BCUT2D eigenvalue weighted by Gasteiger charge is -2.24. The smallest absolute Gasteiger partial charge is 0.166 e. The van der Waals surface area contributed by atoms with E-state index in [1.807, 2.05) is 41.1 Å². The Kier molecular flexibility index (Phi) is 3.34. The van der Waals surface area contributed by atoms with Gasteiger partial charge < -0.3 is 0 Å². The molecule has 1 aromatic heterocycles. The highest BCUT2D eigenvalue weighted by molar-refractivity contribution is 5.98. The van der Waals surface area contributed by atoms with Crippen LogP contribution in [0.5, 0.6) is 0 Å². The van der Waals surface area contributed by atoms with Crippen molar-refractivity contribution in [2.24, 2.45) is 0 Å². The van der Waals surface area contributed by atoms with Crippen molar-refractivity contribution in [1.29, 1.82) is 0 Å². The zero-order valence-electron chi connectivity index (χ0n) is 13.1. The molecule has 0 fully saturated rings. The molecule has 0 N–H and O–H groups in total. The molecule has 0 spiro atoms. The molecule has 1 heterocycles.